The Balaban J connectivity index is 0.00000225. The van der Waals surface area contributed by atoms with Gasteiger partial charge in [0.1, 0.15) is 5.82 Å². The summed E-state index contributed by atoms with van der Waals surface area (Å²) in [6.45, 7) is 2.64. The number of piperazine rings is 1. The van der Waals surface area contributed by atoms with Crippen molar-refractivity contribution in [3.05, 3.63) is 46.5 Å². The third kappa shape index (κ3) is 4.86. The zero-order valence-electron chi connectivity index (χ0n) is 13.7. The quantitative estimate of drug-likeness (QED) is 0.822. The largest absolute Gasteiger partial charge is 0.337 e. The van der Waals surface area contributed by atoms with E-state index in [0.717, 1.165) is 25.5 Å². The third-order valence-corrected chi connectivity index (χ3v) is 4.62. The summed E-state index contributed by atoms with van der Waals surface area (Å²) in [5.41, 5.74) is 0.526. The van der Waals surface area contributed by atoms with E-state index in [-0.39, 0.29) is 30.9 Å². The molecule has 1 unspecified atom stereocenters. The fraction of sp³-hybridized carbons (Fsp3) is 0.375. The number of carbonyl (C=O) groups is 1. The maximum absolute atomic E-state index is 12.4. The van der Waals surface area contributed by atoms with Gasteiger partial charge in [-0.05, 0) is 18.2 Å². The van der Waals surface area contributed by atoms with Gasteiger partial charge in [0, 0.05) is 44.1 Å². The summed E-state index contributed by atoms with van der Waals surface area (Å²) in [6.07, 6.45) is 3.68. The predicted octanol–water partition coefficient (Wildman–Crippen LogP) is 2.73. The van der Waals surface area contributed by atoms with Crippen LogP contribution in [0.2, 0.25) is 10.0 Å². The van der Waals surface area contributed by atoms with Gasteiger partial charge in [0.15, 0.2) is 0 Å². The summed E-state index contributed by atoms with van der Waals surface area (Å²) in [5, 5.41) is 7.19. The van der Waals surface area contributed by atoms with Crippen LogP contribution in [-0.4, -0.2) is 46.5 Å². The number of halogens is 3. The highest BCUT2D eigenvalue weighted by Gasteiger charge is 2.28. The molecule has 2 aromatic rings. The lowest BCUT2D eigenvalue weighted by Crippen LogP contribution is -2.49. The van der Waals surface area contributed by atoms with Crippen molar-refractivity contribution in [1.82, 2.24) is 19.8 Å². The van der Waals surface area contributed by atoms with Gasteiger partial charge in [0.25, 0.3) is 0 Å². The van der Waals surface area contributed by atoms with Crippen LogP contribution in [0, 0.1) is 0 Å². The fourth-order valence-electron chi connectivity index (χ4n) is 2.86. The van der Waals surface area contributed by atoms with E-state index in [1.165, 1.54) is 0 Å². The number of imidazole rings is 1. The molecule has 0 saturated carbocycles. The van der Waals surface area contributed by atoms with E-state index in [2.05, 4.69) is 20.5 Å². The van der Waals surface area contributed by atoms with E-state index < -0.39 is 0 Å². The monoisotopic (exact) mass is 403 g/mol. The summed E-state index contributed by atoms with van der Waals surface area (Å²) >= 11 is 12.1. The minimum atomic E-state index is -0.125. The maximum atomic E-state index is 12.4. The van der Waals surface area contributed by atoms with Gasteiger partial charge in [-0.15, -0.1) is 12.4 Å². The van der Waals surface area contributed by atoms with Crippen LogP contribution < -0.4 is 10.6 Å². The number of benzene rings is 1. The molecule has 0 spiro atoms. The molecular formula is C16H20Cl3N5O. The van der Waals surface area contributed by atoms with E-state index in [9.17, 15) is 4.79 Å². The SMILES string of the molecule is Cl.Cn1ccnc1C1CNCCN1CC(=O)Nc1cc(Cl)ccc1Cl. The molecule has 2 heterocycles. The van der Waals surface area contributed by atoms with Crippen molar-refractivity contribution in [1.29, 1.82) is 0 Å². The number of anilines is 1. The first-order chi connectivity index (χ1) is 11.5. The highest BCUT2D eigenvalue weighted by atomic mass is 35.5. The molecule has 1 saturated heterocycles. The molecule has 6 nitrogen and oxygen atoms in total. The minimum absolute atomic E-state index is 0. The standard InChI is InChI=1S/C16H19Cl2N5O.ClH/c1-22-6-5-20-16(22)14-9-19-4-7-23(14)10-15(24)21-13-8-11(17)2-3-12(13)18;/h2-3,5-6,8,14,19H,4,7,9-10H2,1H3,(H,21,24);1H. The molecule has 0 bridgehead atoms. The number of aromatic nitrogens is 2. The van der Waals surface area contributed by atoms with Crippen molar-refractivity contribution in [3.8, 4) is 0 Å². The van der Waals surface area contributed by atoms with Gasteiger partial charge < -0.3 is 15.2 Å². The summed E-state index contributed by atoms with van der Waals surface area (Å²) in [4.78, 5) is 19.0. The third-order valence-electron chi connectivity index (χ3n) is 4.06. The van der Waals surface area contributed by atoms with E-state index in [1.54, 1.807) is 24.4 Å². The van der Waals surface area contributed by atoms with Crippen molar-refractivity contribution in [2.75, 3.05) is 31.5 Å². The lowest BCUT2D eigenvalue weighted by Gasteiger charge is -2.35. The molecule has 9 heteroatoms. The molecule has 2 N–H and O–H groups in total. The maximum Gasteiger partial charge on any atom is 0.238 e. The van der Waals surface area contributed by atoms with Gasteiger partial charge in [0.05, 0.1) is 23.3 Å². The first-order valence-electron chi connectivity index (χ1n) is 7.71. The van der Waals surface area contributed by atoms with Gasteiger partial charge in [-0.25, -0.2) is 4.98 Å². The first-order valence-corrected chi connectivity index (χ1v) is 8.47. The van der Waals surface area contributed by atoms with Crippen LogP contribution in [-0.2, 0) is 11.8 Å². The molecule has 0 aliphatic carbocycles. The van der Waals surface area contributed by atoms with E-state index in [4.69, 9.17) is 23.2 Å². The van der Waals surface area contributed by atoms with Crippen LogP contribution >= 0.6 is 35.6 Å². The van der Waals surface area contributed by atoms with Crippen molar-refractivity contribution in [2.45, 2.75) is 6.04 Å². The topological polar surface area (TPSA) is 62.2 Å². The second kappa shape index (κ2) is 8.87. The molecule has 1 fully saturated rings. The van der Waals surface area contributed by atoms with E-state index >= 15 is 0 Å². The van der Waals surface area contributed by atoms with Crippen molar-refractivity contribution in [2.24, 2.45) is 7.05 Å². The minimum Gasteiger partial charge on any atom is -0.337 e. The zero-order valence-corrected chi connectivity index (χ0v) is 16.0. The van der Waals surface area contributed by atoms with Gasteiger partial charge in [-0.2, -0.15) is 0 Å². The Labute approximate surface area is 162 Å². The Morgan fingerprint density at radius 2 is 2.24 bits per heavy atom. The van der Waals surface area contributed by atoms with Gasteiger partial charge in [-0.1, -0.05) is 23.2 Å². The number of hydrogen-bond acceptors (Lipinski definition) is 4. The predicted molar refractivity (Wildman–Crippen MR) is 103 cm³/mol. The molecule has 1 aliphatic rings. The molecular weight excluding hydrogens is 385 g/mol. The van der Waals surface area contributed by atoms with Gasteiger partial charge in [0.2, 0.25) is 5.91 Å². The number of nitrogens with one attached hydrogen (secondary N) is 2. The average molecular weight is 405 g/mol. The summed E-state index contributed by atoms with van der Waals surface area (Å²) in [7, 11) is 1.96. The lowest BCUT2D eigenvalue weighted by atomic mass is 10.1. The molecule has 1 aromatic carbocycles. The highest BCUT2D eigenvalue weighted by Crippen LogP contribution is 2.26. The lowest BCUT2D eigenvalue weighted by molar-refractivity contribution is -0.118. The van der Waals surface area contributed by atoms with E-state index in [0.29, 0.717) is 15.7 Å². The fourth-order valence-corrected chi connectivity index (χ4v) is 3.19. The number of carbonyl (C=O) groups excluding carboxylic acids is 1. The summed E-state index contributed by atoms with van der Waals surface area (Å²) < 4.78 is 1.98. The summed E-state index contributed by atoms with van der Waals surface area (Å²) in [6, 6.07) is 5.06. The molecule has 1 aliphatic heterocycles. The van der Waals surface area contributed by atoms with Crippen LogP contribution in [0.15, 0.2) is 30.6 Å². The zero-order chi connectivity index (χ0) is 17.1. The van der Waals surface area contributed by atoms with Crippen LogP contribution in [0.3, 0.4) is 0 Å². The van der Waals surface area contributed by atoms with Crippen LogP contribution in [0.5, 0.6) is 0 Å². The molecule has 1 aromatic heterocycles. The number of hydrogen-bond donors (Lipinski definition) is 2. The normalized spacial score (nSPS) is 17.8. The van der Waals surface area contributed by atoms with Crippen molar-refractivity contribution < 1.29 is 4.79 Å². The Bertz CT molecular complexity index is 736. The van der Waals surface area contributed by atoms with Gasteiger partial charge in [-0.3, -0.25) is 9.69 Å². The Kier molecular flexibility index (Phi) is 7.10. The second-order valence-corrected chi connectivity index (χ2v) is 6.60. The summed E-state index contributed by atoms with van der Waals surface area (Å²) in [5.74, 6) is 0.816. The first kappa shape index (κ1) is 20.0. The highest BCUT2D eigenvalue weighted by molar-refractivity contribution is 6.35. The molecule has 1 amide bonds. The molecule has 3 rings (SSSR count). The van der Waals surface area contributed by atoms with Crippen molar-refractivity contribution >= 4 is 47.2 Å². The molecule has 0 radical (unpaired) electrons. The average Bonchev–Trinajstić information content (AvgIpc) is 2.97. The number of nitrogens with zero attached hydrogens (tertiary/aromatic N) is 3. The van der Waals surface area contributed by atoms with Crippen molar-refractivity contribution in [3.63, 3.8) is 0 Å². The number of aryl methyl sites for hydroxylation is 1. The second-order valence-electron chi connectivity index (χ2n) is 5.76. The smallest absolute Gasteiger partial charge is 0.238 e. The molecule has 136 valence electrons. The Morgan fingerprint density at radius 3 is 2.96 bits per heavy atom. The molecule has 1 atom stereocenters. The van der Waals surface area contributed by atoms with Crippen LogP contribution in [0.1, 0.15) is 11.9 Å². The number of rotatable bonds is 4. The number of amides is 1. The van der Waals surface area contributed by atoms with Crippen LogP contribution in [0.4, 0.5) is 5.69 Å². The van der Waals surface area contributed by atoms with Crippen LogP contribution in [0.25, 0.3) is 0 Å². The Morgan fingerprint density at radius 1 is 1.44 bits per heavy atom. The van der Waals surface area contributed by atoms with E-state index in [1.807, 2.05) is 17.8 Å². The Hall–Kier alpha value is -1.31. The molecule has 25 heavy (non-hydrogen) atoms. The van der Waals surface area contributed by atoms with Gasteiger partial charge >= 0.3 is 0 Å².